The zero-order valence-corrected chi connectivity index (χ0v) is 10.2. The van der Waals surface area contributed by atoms with Crippen LogP contribution in [0.5, 0.6) is 0 Å². The van der Waals surface area contributed by atoms with Crippen molar-refractivity contribution in [1.82, 2.24) is 5.32 Å². The molecule has 1 atom stereocenters. The molecule has 4 N–H and O–H groups in total. The first-order chi connectivity index (χ1) is 7.00. The number of rotatable bonds is 6. The van der Waals surface area contributed by atoms with Gasteiger partial charge in [0.15, 0.2) is 5.84 Å². The van der Waals surface area contributed by atoms with Gasteiger partial charge < -0.3 is 16.3 Å². The molecule has 1 amide bonds. The normalized spacial score (nSPS) is 15.8. The molecule has 0 fully saturated rings. The van der Waals surface area contributed by atoms with Gasteiger partial charge in [-0.15, -0.1) is 0 Å². The van der Waals surface area contributed by atoms with Crippen LogP contribution in [0.2, 0.25) is 0 Å². The van der Waals surface area contributed by atoms with Crippen LogP contribution in [-0.4, -0.2) is 34.5 Å². The fraction of sp³-hybridized carbons (Fsp3) is 0.778. The third-order valence-corrected chi connectivity index (χ3v) is 2.94. The lowest BCUT2D eigenvalue weighted by atomic mass is 9.97. The lowest BCUT2D eigenvalue weighted by molar-refractivity contribution is -0.121. The molecule has 0 aromatic heterocycles. The molecule has 6 heteroatoms. The molecule has 0 radical (unpaired) electrons. The van der Waals surface area contributed by atoms with Gasteiger partial charge in [-0.1, -0.05) is 12.1 Å². The molecule has 5 nitrogen and oxygen atoms in total. The Balaban J connectivity index is 4.38. The minimum Gasteiger partial charge on any atom is -0.409 e. The highest BCUT2D eigenvalue weighted by atomic mass is 32.2. The third-order valence-electron chi connectivity index (χ3n) is 2.33. The van der Waals surface area contributed by atoms with Gasteiger partial charge in [0.05, 0.1) is 5.54 Å². The molecule has 0 aliphatic rings. The minimum absolute atomic E-state index is 0.0301. The fourth-order valence-corrected chi connectivity index (χ4v) is 1.40. The maximum absolute atomic E-state index is 11.5. The van der Waals surface area contributed by atoms with E-state index in [1.807, 2.05) is 13.2 Å². The Labute approximate surface area is 94.5 Å². The van der Waals surface area contributed by atoms with E-state index < -0.39 is 5.54 Å². The highest BCUT2D eigenvalue weighted by molar-refractivity contribution is 7.98. The lowest BCUT2D eigenvalue weighted by Gasteiger charge is -2.27. The summed E-state index contributed by atoms with van der Waals surface area (Å²) in [5.41, 5.74) is 4.76. The molecule has 88 valence electrons. The number of carbonyl (C=O) groups is 1. The SMILES string of the molecule is CCC(C)(NC(=O)CCSC)C(N)=NO. The molecule has 0 bridgehead atoms. The van der Waals surface area contributed by atoms with Crippen molar-refractivity contribution < 1.29 is 10.0 Å². The first kappa shape index (κ1) is 14.1. The van der Waals surface area contributed by atoms with Crippen LogP contribution in [0.15, 0.2) is 5.16 Å². The van der Waals surface area contributed by atoms with Gasteiger partial charge >= 0.3 is 0 Å². The van der Waals surface area contributed by atoms with Gasteiger partial charge in [-0.2, -0.15) is 11.8 Å². The zero-order chi connectivity index (χ0) is 11.9. The van der Waals surface area contributed by atoms with Crippen LogP contribution in [0.25, 0.3) is 0 Å². The molecule has 0 aromatic carbocycles. The number of amides is 1. The molecule has 15 heavy (non-hydrogen) atoms. The third kappa shape index (κ3) is 4.42. The van der Waals surface area contributed by atoms with Crippen molar-refractivity contribution in [1.29, 1.82) is 0 Å². The van der Waals surface area contributed by atoms with E-state index in [4.69, 9.17) is 10.9 Å². The number of oxime groups is 1. The standard InChI is InChI=1S/C9H19N3O2S/c1-4-9(2,8(10)12-14)11-7(13)5-6-15-3/h14H,4-6H2,1-3H3,(H2,10,12)(H,11,13). The van der Waals surface area contributed by atoms with Crippen molar-refractivity contribution in [2.75, 3.05) is 12.0 Å². The van der Waals surface area contributed by atoms with Crippen LogP contribution in [0.1, 0.15) is 26.7 Å². The van der Waals surface area contributed by atoms with Crippen LogP contribution in [-0.2, 0) is 4.79 Å². The zero-order valence-electron chi connectivity index (χ0n) is 9.41. The van der Waals surface area contributed by atoms with Gasteiger partial charge in [0.1, 0.15) is 0 Å². The Morgan fingerprint density at radius 2 is 2.27 bits per heavy atom. The van der Waals surface area contributed by atoms with Gasteiger partial charge in [0.2, 0.25) is 5.91 Å². The van der Waals surface area contributed by atoms with E-state index in [1.165, 1.54) is 0 Å². The average Bonchev–Trinajstić information content (AvgIpc) is 2.24. The summed E-state index contributed by atoms with van der Waals surface area (Å²) in [7, 11) is 0. The molecule has 0 saturated carbocycles. The summed E-state index contributed by atoms with van der Waals surface area (Å²) in [5.74, 6) is 0.713. The topological polar surface area (TPSA) is 87.7 Å². The Kier molecular flexibility index (Phi) is 6.15. The summed E-state index contributed by atoms with van der Waals surface area (Å²) in [6, 6.07) is 0. The van der Waals surface area contributed by atoms with Crippen molar-refractivity contribution >= 4 is 23.5 Å². The maximum atomic E-state index is 11.5. The van der Waals surface area contributed by atoms with Gasteiger partial charge in [-0.05, 0) is 19.6 Å². The minimum atomic E-state index is -0.760. The monoisotopic (exact) mass is 233 g/mol. The van der Waals surface area contributed by atoms with E-state index in [9.17, 15) is 4.79 Å². The van der Waals surface area contributed by atoms with Crippen molar-refractivity contribution in [2.24, 2.45) is 10.9 Å². The number of carbonyl (C=O) groups excluding carboxylic acids is 1. The lowest BCUT2D eigenvalue weighted by Crippen LogP contribution is -2.55. The van der Waals surface area contributed by atoms with Gasteiger partial charge in [0, 0.05) is 12.2 Å². The van der Waals surface area contributed by atoms with Crippen LogP contribution < -0.4 is 11.1 Å². The first-order valence-electron chi connectivity index (χ1n) is 4.78. The second-order valence-electron chi connectivity index (χ2n) is 3.46. The van der Waals surface area contributed by atoms with Crippen LogP contribution in [0.3, 0.4) is 0 Å². The van der Waals surface area contributed by atoms with Crippen molar-refractivity contribution in [3.05, 3.63) is 0 Å². The number of nitrogens with two attached hydrogens (primary N) is 1. The quantitative estimate of drug-likeness (QED) is 0.274. The smallest absolute Gasteiger partial charge is 0.221 e. The number of amidine groups is 1. The highest BCUT2D eigenvalue weighted by Crippen LogP contribution is 2.10. The number of thioether (sulfide) groups is 1. The van der Waals surface area contributed by atoms with Gasteiger partial charge in [-0.25, -0.2) is 0 Å². The first-order valence-corrected chi connectivity index (χ1v) is 6.17. The molecular formula is C9H19N3O2S. The largest absolute Gasteiger partial charge is 0.409 e. The van der Waals surface area contributed by atoms with E-state index in [0.717, 1.165) is 5.75 Å². The van der Waals surface area contributed by atoms with Crippen LogP contribution in [0, 0.1) is 0 Å². The van der Waals surface area contributed by atoms with Crippen molar-refractivity contribution in [2.45, 2.75) is 32.2 Å². The van der Waals surface area contributed by atoms with E-state index in [-0.39, 0.29) is 11.7 Å². The van der Waals surface area contributed by atoms with Gasteiger partial charge in [0.25, 0.3) is 0 Å². The highest BCUT2D eigenvalue weighted by Gasteiger charge is 2.29. The molecule has 0 aromatic rings. The number of nitrogens with zero attached hydrogens (tertiary/aromatic N) is 1. The Hall–Kier alpha value is -0.910. The molecule has 0 spiro atoms. The second kappa shape index (κ2) is 6.55. The number of hydrogen-bond donors (Lipinski definition) is 3. The predicted molar refractivity (Wildman–Crippen MR) is 63.2 cm³/mol. The molecule has 0 rings (SSSR count). The molecule has 0 saturated heterocycles. The number of hydrogen-bond acceptors (Lipinski definition) is 4. The summed E-state index contributed by atoms with van der Waals surface area (Å²) < 4.78 is 0. The Morgan fingerprint density at radius 1 is 1.67 bits per heavy atom. The maximum Gasteiger partial charge on any atom is 0.221 e. The molecular weight excluding hydrogens is 214 g/mol. The summed E-state index contributed by atoms with van der Waals surface area (Å²) in [6.45, 7) is 3.60. The Bertz CT molecular complexity index is 246. The average molecular weight is 233 g/mol. The molecule has 0 aliphatic carbocycles. The van der Waals surface area contributed by atoms with E-state index in [0.29, 0.717) is 12.8 Å². The predicted octanol–water partition coefficient (Wildman–Crippen LogP) is 0.771. The summed E-state index contributed by atoms with van der Waals surface area (Å²) in [5, 5.41) is 14.3. The molecule has 1 unspecified atom stereocenters. The summed E-state index contributed by atoms with van der Waals surface area (Å²) in [4.78, 5) is 11.5. The second-order valence-corrected chi connectivity index (χ2v) is 4.45. The van der Waals surface area contributed by atoms with E-state index in [1.54, 1.807) is 18.7 Å². The summed E-state index contributed by atoms with van der Waals surface area (Å²) >= 11 is 1.61. The number of nitrogens with one attached hydrogen (secondary N) is 1. The van der Waals surface area contributed by atoms with Crippen molar-refractivity contribution in [3.63, 3.8) is 0 Å². The molecule has 0 heterocycles. The fourth-order valence-electron chi connectivity index (χ4n) is 1.01. The van der Waals surface area contributed by atoms with Gasteiger partial charge in [-0.3, -0.25) is 4.79 Å². The molecule has 0 aliphatic heterocycles. The van der Waals surface area contributed by atoms with Crippen LogP contribution in [0.4, 0.5) is 0 Å². The Morgan fingerprint density at radius 3 is 2.67 bits per heavy atom. The summed E-state index contributed by atoms with van der Waals surface area (Å²) in [6.07, 6.45) is 2.96. The van der Waals surface area contributed by atoms with Crippen molar-refractivity contribution in [3.8, 4) is 0 Å². The van der Waals surface area contributed by atoms with E-state index in [2.05, 4.69) is 10.5 Å². The van der Waals surface area contributed by atoms with Crippen LogP contribution >= 0.6 is 11.8 Å². The van der Waals surface area contributed by atoms with E-state index >= 15 is 0 Å².